The van der Waals surface area contributed by atoms with E-state index < -0.39 is 32.8 Å². The van der Waals surface area contributed by atoms with Crippen molar-refractivity contribution in [2.75, 3.05) is 18.9 Å². The predicted octanol–water partition coefficient (Wildman–Crippen LogP) is 3.03. The number of amides is 3. The third kappa shape index (κ3) is 6.78. The molecule has 0 unspecified atom stereocenters. The Balaban J connectivity index is 0.00000544. The van der Waals surface area contributed by atoms with Gasteiger partial charge < -0.3 is 10.2 Å². The van der Waals surface area contributed by atoms with E-state index in [1.165, 1.54) is 24.1 Å². The second kappa shape index (κ2) is 11.5. The van der Waals surface area contributed by atoms with Crippen LogP contribution in [-0.4, -0.2) is 78.2 Å². The molecule has 3 amide bonds. The smallest absolute Gasteiger partial charge is 0.333 e. The Morgan fingerprint density at radius 3 is 2.09 bits per heavy atom. The van der Waals surface area contributed by atoms with Gasteiger partial charge >= 0.3 is 6.03 Å². The van der Waals surface area contributed by atoms with E-state index in [1.807, 2.05) is 32.4 Å². The number of hydrogen-bond donors (Lipinski definition) is 2. The van der Waals surface area contributed by atoms with Gasteiger partial charge in [0, 0.05) is 62.0 Å². The molecule has 0 fully saturated rings. The number of carbonyl (C=O) groups is 2. The molecule has 2 rings (SSSR count). The van der Waals surface area contributed by atoms with Gasteiger partial charge in [0.1, 0.15) is 11.5 Å². The van der Waals surface area contributed by atoms with Crippen LogP contribution in [0.15, 0.2) is 23.2 Å². The molecule has 0 aliphatic rings. The van der Waals surface area contributed by atoms with Gasteiger partial charge in [-0.15, -0.1) is 0 Å². The quantitative estimate of drug-likeness (QED) is 0.580. The van der Waals surface area contributed by atoms with Crippen LogP contribution in [0.2, 0.25) is 0 Å². The summed E-state index contributed by atoms with van der Waals surface area (Å²) in [5.74, 6) is -1.06. The minimum Gasteiger partial charge on any atom is -0.341 e. The first-order valence-corrected chi connectivity index (χ1v) is 11.7. The third-order valence-corrected chi connectivity index (χ3v) is 6.25. The number of halogens is 1. The zero-order valence-electron chi connectivity index (χ0n) is 20.4. The largest absolute Gasteiger partial charge is 0.341 e. The van der Waals surface area contributed by atoms with Crippen molar-refractivity contribution < 1.29 is 22.4 Å². The molecule has 33 heavy (non-hydrogen) atoms. The van der Waals surface area contributed by atoms with Crippen molar-refractivity contribution in [1.29, 1.82) is 0 Å². The van der Waals surface area contributed by atoms with Gasteiger partial charge in [-0.25, -0.2) is 13.9 Å². The molecule has 2 N–H and O–H groups in total. The van der Waals surface area contributed by atoms with Crippen LogP contribution in [0.5, 0.6) is 0 Å². The number of sulfonamides is 1. The first-order valence-electron chi connectivity index (χ1n) is 10.2. The van der Waals surface area contributed by atoms with Crippen LogP contribution in [0.1, 0.15) is 68.1 Å². The third-order valence-electron chi connectivity index (χ3n) is 5.05. The van der Waals surface area contributed by atoms with Gasteiger partial charge in [-0.3, -0.25) is 9.48 Å². The van der Waals surface area contributed by atoms with E-state index in [0.717, 1.165) is 10.7 Å². The van der Waals surface area contributed by atoms with Crippen molar-refractivity contribution in [3.63, 3.8) is 0 Å². The average Bonchev–Trinajstić information content (AvgIpc) is 3.09. The van der Waals surface area contributed by atoms with Gasteiger partial charge in [-0.1, -0.05) is 27.7 Å². The first-order chi connectivity index (χ1) is 14.8. The molecule has 12 heteroatoms. The van der Waals surface area contributed by atoms with E-state index in [4.69, 9.17) is 0 Å². The number of nitrogens with one attached hydrogen (secondary N) is 2. The summed E-state index contributed by atoms with van der Waals surface area (Å²) in [5.41, 5.74) is 1.53. The van der Waals surface area contributed by atoms with E-state index in [1.54, 1.807) is 14.0 Å². The fraction of sp³-hybridized carbons (Fsp3) is 0.476. The summed E-state index contributed by atoms with van der Waals surface area (Å²) < 4.78 is 42.6. The summed E-state index contributed by atoms with van der Waals surface area (Å²) in [7, 11) is -1.34. The monoisotopic (exact) mass is 490 g/mol. The Morgan fingerprint density at radius 2 is 1.64 bits per heavy atom. The molecule has 177 valence electrons. The minimum absolute atomic E-state index is 0. The molecule has 0 aliphatic heterocycles. The number of aryl methyl sites for hydroxylation is 1. The summed E-state index contributed by atoms with van der Waals surface area (Å²) in [6.07, 6.45) is 0. The molecule has 0 saturated carbocycles. The second-order valence-electron chi connectivity index (χ2n) is 8.14. The zero-order valence-corrected chi connectivity index (χ0v) is 23.2. The number of hydrogen-bond acceptors (Lipinski definition) is 5. The van der Waals surface area contributed by atoms with Gasteiger partial charge in [0.05, 0.1) is 0 Å². The maximum Gasteiger partial charge on any atom is 0.333 e. The molecule has 1 radical (unpaired) electrons. The van der Waals surface area contributed by atoms with Crippen LogP contribution in [0, 0.1) is 5.82 Å². The van der Waals surface area contributed by atoms with Gasteiger partial charge in [0.2, 0.25) is 0 Å². The van der Waals surface area contributed by atoms with Gasteiger partial charge in [-0.2, -0.15) is 13.5 Å². The van der Waals surface area contributed by atoms with Crippen molar-refractivity contribution in [3.8, 4) is 0 Å². The molecule has 9 nitrogen and oxygen atoms in total. The zero-order chi connectivity index (χ0) is 24.4. The van der Waals surface area contributed by atoms with Crippen LogP contribution in [0.4, 0.5) is 14.9 Å². The van der Waals surface area contributed by atoms with Crippen LogP contribution in [0.3, 0.4) is 0 Å². The van der Waals surface area contributed by atoms with E-state index in [9.17, 15) is 22.4 Å². The summed E-state index contributed by atoms with van der Waals surface area (Å²) in [6, 6.07) is 2.74. The molecule has 0 aliphatic carbocycles. The average molecular weight is 491 g/mol. The van der Waals surface area contributed by atoms with Crippen LogP contribution >= 0.6 is 0 Å². The minimum atomic E-state index is -4.36. The van der Waals surface area contributed by atoms with E-state index in [-0.39, 0.29) is 47.1 Å². The van der Waals surface area contributed by atoms with Crippen molar-refractivity contribution in [2.24, 2.45) is 7.05 Å². The molecule has 1 aromatic carbocycles. The molecule has 1 aromatic heterocycles. The van der Waals surface area contributed by atoms with E-state index in [2.05, 4.69) is 10.4 Å². The molecule has 0 saturated heterocycles. The summed E-state index contributed by atoms with van der Waals surface area (Å²) in [5, 5.41) is 5.97. The Morgan fingerprint density at radius 1 is 1.12 bits per heavy atom. The van der Waals surface area contributed by atoms with Crippen LogP contribution in [-0.2, 0) is 17.1 Å². The Hall–Kier alpha value is -1.95. The Labute approximate surface area is 216 Å². The number of benzene rings is 1. The number of anilines is 1. The van der Waals surface area contributed by atoms with Gasteiger partial charge in [-0.05, 0) is 42.0 Å². The standard InChI is InChI=1S/C21H30FN5O4S.Na/c1-8-26(6)20(28)17-11-18(24-27(17)7)32(30,31)25-21(29)23-19-15(12(2)3)9-14(22)10-16(19)13(4)5;/h9-13H,8H2,1-7H3,(H2,23,25,29);. The van der Waals surface area contributed by atoms with Gasteiger partial charge in [0.15, 0.2) is 5.03 Å². The first kappa shape index (κ1) is 29.1. The summed E-state index contributed by atoms with van der Waals surface area (Å²) in [6.45, 7) is 9.60. The maximum atomic E-state index is 14.1. The second-order valence-corrected chi connectivity index (χ2v) is 9.77. The SMILES string of the molecule is CCN(C)C(=O)c1cc(S(=O)(=O)NC(=O)Nc2c(C(C)C)cc(F)cc2C(C)C)nn1C.[Na]. The van der Waals surface area contributed by atoms with Gasteiger partial charge in [0.25, 0.3) is 15.9 Å². The molecule has 0 bridgehead atoms. The number of rotatable bonds is 7. The molecular weight excluding hydrogens is 460 g/mol. The number of carbonyl (C=O) groups excluding carboxylic acids is 2. The number of aromatic nitrogens is 2. The Kier molecular flexibility index (Phi) is 10.1. The predicted molar refractivity (Wildman–Crippen MR) is 126 cm³/mol. The number of urea groups is 1. The topological polar surface area (TPSA) is 113 Å². The fourth-order valence-corrected chi connectivity index (χ4v) is 4.03. The van der Waals surface area contributed by atoms with Crippen molar-refractivity contribution in [1.82, 2.24) is 19.4 Å². The molecular formula is C21H30FN5NaO4S. The normalized spacial score (nSPS) is 11.3. The van der Waals surface area contributed by atoms with Crippen LogP contribution < -0.4 is 10.0 Å². The fourth-order valence-electron chi connectivity index (χ4n) is 3.13. The van der Waals surface area contributed by atoms with Crippen molar-refractivity contribution >= 4 is 57.2 Å². The van der Waals surface area contributed by atoms with Crippen molar-refractivity contribution in [3.05, 3.63) is 40.8 Å². The molecule has 1 heterocycles. The van der Waals surface area contributed by atoms with Crippen molar-refractivity contribution in [2.45, 2.75) is 51.5 Å². The molecule has 0 atom stereocenters. The maximum absolute atomic E-state index is 14.1. The number of nitrogens with zero attached hydrogens (tertiary/aromatic N) is 3. The molecule has 2 aromatic rings. The van der Waals surface area contributed by atoms with E-state index >= 15 is 0 Å². The van der Waals surface area contributed by atoms with Crippen LogP contribution in [0.25, 0.3) is 0 Å². The Bertz CT molecular complexity index is 1100. The summed E-state index contributed by atoms with van der Waals surface area (Å²) >= 11 is 0. The van der Waals surface area contributed by atoms with E-state index in [0.29, 0.717) is 23.4 Å². The summed E-state index contributed by atoms with van der Waals surface area (Å²) in [4.78, 5) is 26.4. The molecule has 0 spiro atoms.